The molecule has 0 aliphatic heterocycles. The standard InChI is InChI=1S/C23H20ClNO4/c1-15-3-12-21(28-2)20(13-15)25-22(26)14-29-19-10-6-17(7-11-19)23(27)16-4-8-18(24)9-5-16/h3-13H,14H2,1-2H3,(H,25,26). The Morgan fingerprint density at radius 3 is 2.17 bits per heavy atom. The van der Waals surface area contributed by atoms with Crippen molar-refractivity contribution < 1.29 is 19.1 Å². The van der Waals surface area contributed by atoms with Gasteiger partial charge in [0.05, 0.1) is 12.8 Å². The van der Waals surface area contributed by atoms with Gasteiger partial charge in [0.1, 0.15) is 11.5 Å². The van der Waals surface area contributed by atoms with Crippen LogP contribution in [0.1, 0.15) is 21.5 Å². The molecular weight excluding hydrogens is 390 g/mol. The number of aryl methyl sites for hydroxylation is 1. The van der Waals surface area contributed by atoms with Gasteiger partial charge in [-0.2, -0.15) is 0 Å². The molecule has 0 bridgehead atoms. The van der Waals surface area contributed by atoms with Crippen LogP contribution in [-0.2, 0) is 4.79 Å². The summed E-state index contributed by atoms with van der Waals surface area (Å²) in [5, 5.41) is 3.35. The van der Waals surface area contributed by atoms with Crippen LogP contribution in [0.3, 0.4) is 0 Å². The first-order chi connectivity index (χ1) is 14.0. The smallest absolute Gasteiger partial charge is 0.262 e. The van der Waals surface area contributed by atoms with Crippen LogP contribution in [0.15, 0.2) is 66.7 Å². The van der Waals surface area contributed by atoms with Gasteiger partial charge in [0.15, 0.2) is 12.4 Å². The van der Waals surface area contributed by atoms with Gasteiger partial charge in [-0.3, -0.25) is 9.59 Å². The molecule has 0 radical (unpaired) electrons. The Hall–Kier alpha value is -3.31. The lowest BCUT2D eigenvalue weighted by Gasteiger charge is -2.12. The Labute approximate surface area is 174 Å². The molecule has 1 N–H and O–H groups in total. The van der Waals surface area contributed by atoms with Crippen molar-refractivity contribution in [2.45, 2.75) is 6.92 Å². The van der Waals surface area contributed by atoms with E-state index in [1.54, 1.807) is 61.7 Å². The van der Waals surface area contributed by atoms with Crippen molar-refractivity contribution in [2.24, 2.45) is 0 Å². The maximum atomic E-state index is 12.5. The van der Waals surface area contributed by atoms with E-state index in [4.69, 9.17) is 21.1 Å². The van der Waals surface area contributed by atoms with Crippen LogP contribution >= 0.6 is 11.6 Å². The van der Waals surface area contributed by atoms with Crippen LogP contribution in [0.5, 0.6) is 11.5 Å². The fourth-order valence-corrected chi connectivity index (χ4v) is 2.85. The molecule has 0 aromatic heterocycles. The Kier molecular flexibility index (Phi) is 6.52. The highest BCUT2D eigenvalue weighted by Crippen LogP contribution is 2.25. The van der Waals surface area contributed by atoms with Crippen LogP contribution in [0.2, 0.25) is 5.02 Å². The second kappa shape index (κ2) is 9.26. The number of benzene rings is 3. The van der Waals surface area contributed by atoms with E-state index in [2.05, 4.69) is 5.32 Å². The number of nitrogens with one attached hydrogen (secondary N) is 1. The zero-order valence-electron chi connectivity index (χ0n) is 16.1. The van der Waals surface area contributed by atoms with E-state index in [1.807, 2.05) is 19.1 Å². The Bertz CT molecular complexity index is 1010. The minimum absolute atomic E-state index is 0.113. The Balaban J connectivity index is 1.59. The number of carbonyl (C=O) groups is 2. The van der Waals surface area contributed by atoms with Crippen LogP contribution < -0.4 is 14.8 Å². The van der Waals surface area contributed by atoms with Crippen molar-refractivity contribution in [3.05, 3.63) is 88.4 Å². The molecule has 0 heterocycles. The summed E-state index contributed by atoms with van der Waals surface area (Å²) in [6, 6.07) is 18.9. The molecule has 0 unspecified atom stereocenters. The summed E-state index contributed by atoms with van der Waals surface area (Å²) in [6.45, 7) is 1.76. The summed E-state index contributed by atoms with van der Waals surface area (Å²) in [5.74, 6) is 0.644. The third kappa shape index (κ3) is 5.36. The molecule has 0 saturated carbocycles. The molecule has 3 aromatic carbocycles. The van der Waals surface area contributed by atoms with Gasteiger partial charge in [0.25, 0.3) is 5.91 Å². The van der Waals surface area contributed by atoms with Gasteiger partial charge in [-0.05, 0) is 73.2 Å². The van der Waals surface area contributed by atoms with Gasteiger partial charge < -0.3 is 14.8 Å². The molecule has 0 fully saturated rings. The maximum Gasteiger partial charge on any atom is 0.262 e. The number of hydrogen-bond acceptors (Lipinski definition) is 4. The van der Waals surface area contributed by atoms with E-state index in [9.17, 15) is 9.59 Å². The topological polar surface area (TPSA) is 64.6 Å². The van der Waals surface area contributed by atoms with E-state index in [-0.39, 0.29) is 18.3 Å². The zero-order valence-corrected chi connectivity index (χ0v) is 16.8. The average molecular weight is 410 g/mol. The van der Waals surface area contributed by atoms with Gasteiger partial charge in [0.2, 0.25) is 0 Å². The lowest BCUT2D eigenvalue weighted by atomic mass is 10.0. The highest BCUT2D eigenvalue weighted by Gasteiger charge is 2.11. The molecule has 5 nitrogen and oxygen atoms in total. The predicted molar refractivity (Wildman–Crippen MR) is 113 cm³/mol. The zero-order chi connectivity index (χ0) is 20.8. The van der Waals surface area contributed by atoms with E-state index in [0.717, 1.165) is 5.56 Å². The highest BCUT2D eigenvalue weighted by atomic mass is 35.5. The van der Waals surface area contributed by atoms with Gasteiger partial charge in [-0.25, -0.2) is 0 Å². The van der Waals surface area contributed by atoms with E-state index in [1.165, 1.54) is 0 Å². The van der Waals surface area contributed by atoms with Crippen LogP contribution in [0.4, 0.5) is 5.69 Å². The van der Waals surface area contributed by atoms with E-state index in [0.29, 0.717) is 33.3 Å². The van der Waals surface area contributed by atoms with Gasteiger partial charge >= 0.3 is 0 Å². The largest absolute Gasteiger partial charge is 0.495 e. The Morgan fingerprint density at radius 2 is 1.55 bits per heavy atom. The highest BCUT2D eigenvalue weighted by molar-refractivity contribution is 6.30. The summed E-state index contributed by atoms with van der Waals surface area (Å²) in [7, 11) is 1.55. The van der Waals surface area contributed by atoms with Crippen molar-refractivity contribution in [3.8, 4) is 11.5 Å². The second-order valence-corrected chi connectivity index (χ2v) is 6.84. The normalized spacial score (nSPS) is 10.3. The predicted octanol–water partition coefficient (Wildman–Crippen LogP) is 4.91. The van der Waals surface area contributed by atoms with Gasteiger partial charge in [-0.15, -0.1) is 0 Å². The molecule has 0 spiro atoms. The number of rotatable bonds is 7. The Morgan fingerprint density at radius 1 is 0.931 bits per heavy atom. The first-order valence-corrected chi connectivity index (χ1v) is 9.31. The molecule has 0 saturated heterocycles. The third-order valence-corrected chi connectivity index (χ3v) is 4.47. The maximum absolute atomic E-state index is 12.5. The number of methoxy groups -OCH3 is 1. The number of ether oxygens (including phenoxy) is 2. The molecule has 1 amide bonds. The number of amides is 1. The molecule has 0 atom stereocenters. The summed E-state index contributed by atoms with van der Waals surface area (Å²) in [4.78, 5) is 24.7. The third-order valence-electron chi connectivity index (χ3n) is 4.22. The van der Waals surface area contributed by atoms with Crippen LogP contribution in [0, 0.1) is 6.92 Å². The van der Waals surface area contributed by atoms with Crippen molar-refractivity contribution in [3.63, 3.8) is 0 Å². The van der Waals surface area contributed by atoms with Gasteiger partial charge in [0, 0.05) is 16.1 Å². The first kappa shape index (κ1) is 20.4. The summed E-state index contributed by atoms with van der Waals surface area (Å²) < 4.78 is 10.8. The lowest BCUT2D eigenvalue weighted by molar-refractivity contribution is -0.118. The van der Waals surface area contributed by atoms with Crippen molar-refractivity contribution in [1.29, 1.82) is 0 Å². The lowest BCUT2D eigenvalue weighted by Crippen LogP contribution is -2.20. The molecule has 0 aliphatic carbocycles. The molecular formula is C23H20ClNO4. The van der Waals surface area contributed by atoms with Gasteiger partial charge in [-0.1, -0.05) is 17.7 Å². The molecule has 29 heavy (non-hydrogen) atoms. The minimum Gasteiger partial charge on any atom is -0.495 e. The number of anilines is 1. The SMILES string of the molecule is COc1ccc(C)cc1NC(=O)COc1ccc(C(=O)c2ccc(Cl)cc2)cc1. The minimum atomic E-state index is -0.310. The van der Waals surface area contributed by atoms with Crippen molar-refractivity contribution in [1.82, 2.24) is 0 Å². The summed E-state index contributed by atoms with van der Waals surface area (Å²) in [6.07, 6.45) is 0. The van der Waals surface area contributed by atoms with Crippen LogP contribution in [0.25, 0.3) is 0 Å². The molecule has 0 aliphatic rings. The van der Waals surface area contributed by atoms with E-state index < -0.39 is 0 Å². The van der Waals surface area contributed by atoms with Crippen LogP contribution in [-0.4, -0.2) is 25.4 Å². The van der Waals surface area contributed by atoms with Crippen molar-refractivity contribution >= 4 is 29.0 Å². The number of carbonyl (C=O) groups excluding carboxylic acids is 2. The number of ketones is 1. The quantitative estimate of drug-likeness (QED) is 0.563. The monoisotopic (exact) mass is 409 g/mol. The number of hydrogen-bond donors (Lipinski definition) is 1. The fourth-order valence-electron chi connectivity index (χ4n) is 2.73. The molecule has 3 rings (SSSR count). The average Bonchev–Trinajstić information content (AvgIpc) is 2.73. The van der Waals surface area contributed by atoms with Crippen molar-refractivity contribution in [2.75, 3.05) is 19.0 Å². The fraction of sp³-hybridized carbons (Fsp3) is 0.130. The molecule has 6 heteroatoms. The second-order valence-electron chi connectivity index (χ2n) is 6.40. The first-order valence-electron chi connectivity index (χ1n) is 8.94. The molecule has 148 valence electrons. The summed E-state index contributed by atoms with van der Waals surface area (Å²) >= 11 is 5.85. The molecule has 3 aromatic rings. The summed E-state index contributed by atoms with van der Waals surface area (Å²) in [5.41, 5.74) is 2.66. The number of halogens is 1. The van der Waals surface area contributed by atoms with E-state index >= 15 is 0 Å².